The van der Waals surface area contributed by atoms with Gasteiger partial charge in [-0.25, -0.2) is 0 Å². The van der Waals surface area contributed by atoms with Crippen LogP contribution < -0.4 is 14.2 Å². The van der Waals surface area contributed by atoms with Crippen LogP contribution >= 0.6 is 23.2 Å². The molecule has 1 unspecified atom stereocenters. The van der Waals surface area contributed by atoms with Gasteiger partial charge in [0, 0.05) is 11.6 Å². The van der Waals surface area contributed by atoms with Gasteiger partial charge in [-0.2, -0.15) is 0 Å². The normalized spacial score (nSPS) is 19.2. The van der Waals surface area contributed by atoms with E-state index in [1.165, 1.54) is 24.1 Å². The van der Waals surface area contributed by atoms with Crippen LogP contribution in [0.5, 0.6) is 17.2 Å². The van der Waals surface area contributed by atoms with Crippen LogP contribution in [-0.4, -0.2) is 48.6 Å². The first-order chi connectivity index (χ1) is 15.9. The third-order valence-electron chi connectivity index (χ3n) is 5.64. The van der Waals surface area contributed by atoms with E-state index in [1.807, 2.05) is 6.92 Å². The summed E-state index contributed by atoms with van der Waals surface area (Å²) in [5.41, 5.74) is 0.679. The fraction of sp³-hybridized carbons (Fsp3) is 0.333. The molecule has 2 aromatic carbocycles. The van der Waals surface area contributed by atoms with E-state index >= 15 is 0 Å². The van der Waals surface area contributed by atoms with Crippen LogP contribution in [0.4, 0.5) is 0 Å². The standard InChI is InChI=1S/C24H23Cl2NO6/c1-3-4-7-27-20(13-5-6-17-18(10-13)33-9-8-32-17)19(22(29)24(27)30)21(28)15-11-14(25)12-16(26)23(15)31-2/h5-6,10-12,20,28H,3-4,7-9H2,1-2H3/b21-19+. The lowest BCUT2D eigenvalue weighted by atomic mass is 9.94. The second-order valence-electron chi connectivity index (χ2n) is 7.72. The van der Waals surface area contributed by atoms with Crippen LogP contribution in [0.1, 0.15) is 36.9 Å². The number of hydrogen-bond donors (Lipinski definition) is 1. The number of carbonyl (C=O) groups is 2. The predicted octanol–water partition coefficient (Wildman–Crippen LogP) is 5.00. The van der Waals surface area contributed by atoms with Crippen molar-refractivity contribution in [3.8, 4) is 17.2 Å². The van der Waals surface area contributed by atoms with Gasteiger partial charge in [0.1, 0.15) is 24.7 Å². The third-order valence-corrected chi connectivity index (χ3v) is 6.14. The zero-order chi connectivity index (χ0) is 23.7. The number of nitrogens with zero attached hydrogens (tertiary/aromatic N) is 1. The summed E-state index contributed by atoms with van der Waals surface area (Å²) >= 11 is 12.4. The Hall–Kier alpha value is -2.90. The van der Waals surface area contributed by atoms with E-state index in [2.05, 4.69) is 0 Å². The molecule has 7 nitrogen and oxygen atoms in total. The average Bonchev–Trinajstić information content (AvgIpc) is 3.06. The molecule has 1 amide bonds. The zero-order valence-electron chi connectivity index (χ0n) is 18.2. The Labute approximate surface area is 201 Å². The van der Waals surface area contributed by atoms with Crippen molar-refractivity contribution in [3.05, 3.63) is 57.1 Å². The van der Waals surface area contributed by atoms with E-state index in [9.17, 15) is 14.7 Å². The van der Waals surface area contributed by atoms with Crippen LogP contribution in [-0.2, 0) is 9.59 Å². The number of aliphatic hydroxyl groups excluding tert-OH is 1. The molecule has 1 N–H and O–H groups in total. The van der Waals surface area contributed by atoms with Crippen LogP contribution in [0.15, 0.2) is 35.9 Å². The van der Waals surface area contributed by atoms with Crippen molar-refractivity contribution in [3.63, 3.8) is 0 Å². The van der Waals surface area contributed by atoms with Crippen molar-refractivity contribution < 1.29 is 28.9 Å². The molecule has 2 aliphatic heterocycles. The molecule has 2 heterocycles. The molecule has 1 atom stereocenters. The topological polar surface area (TPSA) is 85.3 Å². The largest absolute Gasteiger partial charge is 0.507 e. The van der Waals surface area contributed by atoms with Gasteiger partial charge in [0.05, 0.1) is 29.3 Å². The third kappa shape index (κ3) is 4.23. The van der Waals surface area contributed by atoms with Gasteiger partial charge in [0.15, 0.2) is 11.5 Å². The maximum atomic E-state index is 13.2. The summed E-state index contributed by atoms with van der Waals surface area (Å²) in [6.07, 6.45) is 1.52. The van der Waals surface area contributed by atoms with Gasteiger partial charge < -0.3 is 24.2 Å². The fourth-order valence-electron chi connectivity index (χ4n) is 4.10. The minimum absolute atomic E-state index is 0.0654. The molecular formula is C24H23Cl2NO6. The average molecular weight is 492 g/mol. The summed E-state index contributed by atoms with van der Waals surface area (Å²) in [6, 6.07) is 7.33. The number of fused-ring (bicyclic) bond motifs is 1. The molecule has 1 saturated heterocycles. The molecule has 0 saturated carbocycles. The smallest absolute Gasteiger partial charge is 0.295 e. The van der Waals surface area contributed by atoms with Gasteiger partial charge in [0.2, 0.25) is 0 Å². The second kappa shape index (κ2) is 9.53. The Kier molecular flexibility index (Phi) is 6.72. The van der Waals surface area contributed by atoms with Crippen molar-refractivity contribution in [2.45, 2.75) is 25.8 Å². The number of carbonyl (C=O) groups excluding carboxylic acids is 2. The van der Waals surface area contributed by atoms with Gasteiger partial charge in [0.25, 0.3) is 11.7 Å². The minimum atomic E-state index is -0.824. The molecule has 0 aromatic heterocycles. The first kappa shape index (κ1) is 23.3. The summed E-state index contributed by atoms with van der Waals surface area (Å²) in [6.45, 7) is 3.18. The number of Topliss-reactive ketones (excluding diaryl/α,β-unsaturated/α-hetero) is 1. The van der Waals surface area contributed by atoms with E-state index < -0.39 is 23.5 Å². The molecule has 0 radical (unpaired) electrons. The lowest BCUT2D eigenvalue weighted by Gasteiger charge is -2.27. The number of aliphatic hydroxyl groups is 1. The molecule has 0 bridgehead atoms. The fourth-order valence-corrected chi connectivity index (χ4v) is 4.68. The van der Waals surface area contributed by atoms with E-state index in [-0.39, 0.29) is 26.9 Å². The molecule has 33 heavy (non-hydrogen) atoms. The highest BCUT2D eigenvalue weighted by Crippen LogP contribution is 2.45. The molecule has 9 heteroatoms. The molecule has 2 aliphatic rings. The van der Waals surface area contributed by atoms with Gasteiger partial charge in [-0.1, -0.05) is 42.6 Å². The number of rotatable bonds is 6. The van der Waals surface area contributed by atoms with Crippen LogP contribution in [0.3, 0.4) is 0 Å². The van der Waals surface area contributed by atoms with Crippen molar-refractivity contribution in [2.75, 3.05) is 26.9 Å². The van der Waals surface area contributed by atoms with Crippen molar-refractivity contribution in [1.29, 1.82) is 0 Å². The highest BCUT2D eigenvalue weighted by atomic mass is 35.5. The lowest BCUT2D eigenvalue weighted by Crippen LogP contribution is -2.30. The maximum absolute atomic E-state index is 13.2. The van der Waals surface area contributed by atoms with Gasteiger partial charge in [-0.15, -0.1) is 0 Å². The predicted molar refractivity (Wildman–Crippen MR) is 124 cm³/mol. The number of hydrogen-bond acceptors (Lipinski definition) is 6. The number of methoxy groups -OCH3 is 1. The van der Waals surface area contributed by atoms with Crippen molar-refractivity contribution in [1.82, 2.24) is 4.90 Å². The summed E-state index contributed by atoms with van der Waals surface area (Å²) < 4.78 is 16.6. The van der Waals surface area contributed by atoms with E-state index in [0.29, 0.717) is 43.2 Å². The SMILES string of the molecule is CCCCN1C(=O)C(=O)/C(=C(/O)c2cc(Cl)cc(Cl)c2OC)C1c1ccc2c(c1)OCCO2. The van der Waals surface area contributed by atoms with Crippen molar-refractivity contribution >= 4 is 40.7 Å². The quantitative estimate of drug-likeness (QED) is 0.347. The van der Waals surface area contributed by atoms with Gasteiger partial charge in [-0.3, -0.25) is 9.59 Å². The summed E-state index contributed by atoms with van der Waals surface area (Å²) in [4.78, 5) is 27.6. The lowest BCUT2D eigenvalue weighted by molar-refractivity contribution is -0.139. The number of ether oxygens (including phenoxy) is 3. The number of amides is 1. The maximum Gasteiger partial charge on any atom is 0.295 e. The van der Waals surface area contributed by atoms with Crippen molar-refractivity contribution in [2.24, 2.45) is 0 Å². The molecule has 0 aliphatic carbocycles. The monoisotopic (exact) mass is 491 g/mol. The highest BCUT2D eigenvalue weighted by molar-refractivity contribution is 6.46. The summed E-state index contributed by atoms with van der Waals surface area (Å²) in [7, 11) is 1.39. The Morgan fingerprint density at radius 1 is 1.15 bits per heavy atom. The summed E-state index contributed by atoms with van der Waals surface area (Å²) in [5, 5.41) is 11.7. The summed E-state index contributed by atoms with van der Waals surface area (Å²) in [5.74, 6) is -0.631. The number of ketones is 1. The minimum Gasteiger partial charge on any atom is -0.507 e. The Morgan fingerprint density at radius 3 is 2.58 bits per heavy atom. The Balaban J connectivity index is 1.92. The molecule has 174 valence electrons. The zero-order valence-corrected chi connectivity index (χ0v) is 19.7. The van der Waals surface area contributed by atoms with E-state index in [4.69, 9.17) is 37.4 Å². The number of benzene rings is 2. The Bertz CT molecular complexity index is 1150. The molecule has 0 spiro atoms. The molecule has 2 aromatic rings. The number of halogens is 2. The van der Waals surface area contributed by atoms with E-state index in [0.717, 1.165) is 6.42 Å². The van der Waals surface area contributed by atoms with Crippen LogP contribution in [0, 0.1) is 0 Å². The Morgan fingerprint density at radius 2 is 1.88 bits per heavy atom. The highest BCUT2D eigenvalue weighted by Gasteiger charge is 2.46. The van der Waals surface area contributed by atoms with Crippen LogP contribution in [0.2, 0.25) is 10.0 Å². The second-order valence-corrected chi connectivity index (χ2v) is 8.56. The number of unbranched alkanes of at least 4 members (excludes halogenated alkanes) is 1. The van der Waals surface area contributed by atoms with E-state index in [1.54, 1.807) is 18.2 Å². The first-order valence-electron chi connectivity index (χ1n) is 10.6. The first-order valence-corrected chi connectivity index (χ1v) is 11.3. The van der Waals surface area contributed by atoms with Gasteiger partial charge in [-0.05, 0) is 36.2 Å². The molecule has 4 rings (SSSR count). The number of likely N-dealkylation sites (tertiary alicyclic amines) is 1. The molecular weight excluding hydrogens is 469 g/mol. The van der Waals surface area contributed by atoms with Crippen LogP contribution in [0.25, 0.3) is 5.76 Å². The van der Waals surface area contributed by atoms with Gasteiger partial charge >= 0.3 is 0 Å². The molecule has 1 fully saturated rings.